The maximum atomic E-state index is 6.28. The van der Waals surface area contributed by atoms with Gasteiger partial charge in [0.05, 0.1) is 5.69 Å². The van der Waals surface area contributed by atoms with Crippen LogP contribution < -0.4 is 4.90 Å². The first kappa shape index (κ1) is 35.7. The van der Waals surface area contributed by atoms with Crippen LogP contribution >= 0.6 is 0 Å². The van der Waals surface area contributed by atoms with E-state index in [9.17, 15) is 0 Å². The molecule has 0 unspecified atom stereocenters. The molecule has 0 aliphatic heterocycles. The first-order valence-corrected chi connectivity index (χ1v) is 20.2. The molecule has 10 rings (SSSR count). The van der Waals surface area contributed by atoms with Crippen LogP contribution in [-0.2, 0) is 6.42 Å². The van der Waals surface area contributed by atoms with Gasteiger partial charge in [0.15, 0.2) is 0 Å². The standard InChI is InChI=1S/C57H41NO/c1-2-3-20-48(36-32-43-18-9-10-21-50(43)47-29-27-44-33-37-56-57(53(44)39-47)52-23-12-14-25-55(52)59-56)58(54-24-13-11-22-51(54)42-16-5-4-6-17-42)49-34-30-41(31-35-49)46-28-26-40-15-7-8-19-45(40)38-46/h2-31,33-39H,1,32H2/b20-3-,48-36+. The van der Waals surface area contributed by atoms with E-state index in [1.165, 1.54) is 49.4 Å². The molecule has 0 aliphatic carbocycles. The summed E-state index contributed by atoms with van der Waals surface area (Å²) in [6.45, 7) is 4.06. The number of allylic oxidation sites excluding steroid dienone is 4. The van der Waals surface area contributed by atoms with E-state index in [1.807, 2.05) is 24.3 Å². The third-order valence-corrected chi connectivity index (χ3v) is 11.3. The Hall–Kier alpha value is -7.68. The molecule has 0 saturated carbocycles. The molecular formula is C57H41NO. The van der Waals surface area contributed by atoms with Gasteiger partial charge in [0, 0.05) is 27.7 Å². The fourth-order valence-electron chi connectivity index (χ4n) is 8.44. The van der Waals surface area contributed by atoms with Gasteiger partial charge in [0.1, 0.15) is 11.2 Å². The molecule has 0 amide bonds. The lowest BCUT2D eigenvalue weighted by molar-refractivity contribution is 0.669. The first-order valence-electron chi connectivity index (χ1n) is 20.2. The van der Waals surface area contributed by atoms with Crippen molar-refractivity contribution in [2.24, 2.45) is 0 Å². The van der Waals surface area contributed by atoms with Crippen molar-refractivity contribution in [3.63, 3.8) is 0 Å². The fraction of sp³-hybridized carbons (Fsp3) is 0.0175. The fourth-order valence-corrected chi connectivity index (χ4v) is 8.44. The normalized spacial score (nSPS) is 11.9. The number of hydrogen-bond acceptors (Lipinski definition) is 2. The molecule has 0 fully saturated rings. The zero-order valence-electron chi connectivity index (χ0n) is 32.6. The molecule has 280 valence electrons. The summed E-state index contributed by atoms with van der Waals surface area (Å²) in [4.78, 5) is 2.38. The van der Waals surface area contributed by atoms with Gasteiger partial charge in [-0.3, -0.25) is 0 Å². The Labute approximate surface area is 344 Å². The monoisotopic (exact) mass is 755 g/mol. The average Bonchev–Trinajstić information content (AvgIpc) is 3.70. The molecule has 59 heavy (non-hydrogen) atoms. The Morgan fingerprint density at radius 3 is 2.03 bits per heavy atom. The van der Waals surface area contributed by atoms with Gasteiger partial charge >= 0.3 is 0 Å². The Morgan fingerprint density at radius 1 is 0.492 bits per heavy atom. The van der Waals surface area contributed by atoms with Gasteiger partial charge in [-0.15, -0.1) is 0 Å². The van der Waals surface area contributed by atoms with E-state index in [1.54, 1.807) is 0 Å². The van der Waals surface area contributed by atoms with Crippen molar-refractivity contribution in [2.45, 2.75) is 6.42 Å². The lowest BCUT2D eigenvalue weighted by Gasteiger charge is -2.29. The van der Waals surface area contributed by atoms with E-state index in [4.69, 9.17) is 4.42 Å². The summed E-state index contributed by atoms with van der Waals surface area (Å²) in [5, 5.41) is 7.17. The lowest BCUT2D eigenvalue weighted by Crippen LogP contribution is -2.16. The van der Waals surface area contributed by atoms with Crippen LogP contribution in [0.4, 0.5) is 11.4 Å². The molecule has 0 bridgehead atoms. The van der Waals surface area contributed by atoms with Crippen LogP contribution in [0.25, 0.3) is 76.9 Å². The molecule has 10 aromatic rings. The highest BCUT2D eigenvalue weighted by molar-refractivity contribution is 6.19. The summed E-state index contributed by atoms with van der Waals surface area (Å²) in [7, 11) is 0. The summed E-state index contributed by atoms with van der Waals surface area (Å²) in [5.41, 5.74) is 13.3. The van der Waals surface area contributed by atoms with Gasteiger partial charge in [-0.25, -0.2) is 0 Å². The van der Waals surface area contributed by atoms with Gasteiger partial charge in [0.25, 0.3) is 0 Å². The topological polar surface area (TPSA) is 16.4 Å². The second-order valence-corrected chi connectivity index (χ2v) is 14.9. The molecule has 2 nitrogen and oxygen atoms in total. The molecule has 0 atom stereocenters. The molecule has 0 radical (unpaired) electrons. The van der Waals surface area contributed by atoms with Crippen LogP contribution in [0.5, 0.6) is 0 Å². The lowest BCUT2D eigenvalue weighted by atomic mass is 9.94. The van der Waals surface area contributed by atoms with Crippen molar-refractivity contribution in [3.8, 4) is 33.4 Å². The van der Waals surface area contributed by atoms with Crippen LogP contribution in [0.1, 0.15) is 5.56 Å². The Morgan fingerprint density at radius 2 is 1.17 bits per heavy atom. The molecule has 2 heteroatoms. The van der Waals surface area contributed by atoms with Crippen molar-refractivity contribution in [1.29, 1.82) is 0 Å². The maximum absolute atomic E-state index is 6.28. The van der Waals surface area contributed by atoms with E-state index >= 15 is 0 Å². The highest BCUT2D eigenvalue weighted by Crippen LogP contribution is 2.41. The summed E-state index contributed by atoms with van der Waals surface area (Å²) < 4.78 is 6.28. The largest absolute Gasteiger partial charge is 0.456 e. The molecule has 9 aromatic carbocycles. The highest BCUT2D eigenvalue weighted by atomic mass is 16.3. The number of benzene rings is 9. The summed E-state index contributed by atoms with van der Waals surface area (Å²) in [5.74, 6) is 0. The SMILES string of the molecule is C=C/C=C\C(=C/Cc1ccccc1-c1ccc2ccc3oc4ccccc4c3c2c1)N(c1ccc(-c2ccc3ccccc3c2)cc1)c1ccccc1-c1ccccc1. The van der Waals surface area contributed by atoms with E-state index in [2.05, 4.69) is 212 Å². The minimum Gasteiger partial charge on any atom is -0.456 e. The smallest absolute Gasteiger partial charge is 0.136 e. The van der Waals surface area contributed by atoms with Gasteiger partial charge in [-0.05, 0) is 110 Å². The van der Waals surface area contributed by atoms with E-state index in [0.29, 0.717) is 6.42 Å². The second kappa shape index (κ2) is 15.7. The maximum Gasteiger partial charge on any atom is 0.136 e. The summed E-state index contributed by atoms with van der Waals surface area (Å²) >= 11 is 0. The predicted molar refractivity (Wildman–Crippen MR) is 251 cm³/mol. The van der Waals surface area contributed by atoms with E-state index in [0.717, 1.165) is 50.1 Å². The third-order valence-electron chi connectivity index (χ3n) is 11.3. The van der Waals surface area contributed by atoms with Crippen LogP contribution in [0.3, 0.4) is 0 Å². The van der Waals surface area contributed by atoms with Crippen molar-refractivity contribution in [2.75, 3.05) is 4.90 Å². The van der Waals surface area contributed by atoms with Crippen LogP contribution in [-0.4, -0.2) is 0 Å². The predicted octanol–water partition coefficient (Wildman–Crippen LogP) is 15.9. The third kappa shape index (κ3) is 6.92. The first-order chi connectivity index (χ1) is 29.2. The molecule has 0 aliphatic rings. The van der Waals surface area contributed by atoms with E-state index in [-0.39, 0.29) is 0 Å². The molecular weight excluding hydrogens is 715 g/mol. The van der Waals surface area contributed by atoms with Gasteiger partial charge < -0.3 is 9.32 Å². The molecule has 1 heterocycles. The molecule has 0 saturated heterocycles. The van der Waals surface area contributed by atoms with Crippen molar-refractivity contribution < 1.29 is 4.42 Å². The number of anilines is 2. The number of rotatable bonds is 10. The Kier molecular flexibility index (Phi) is 9.50. The molecule has 0 N–H and O–H groups in total. The Balaban J connectivity index is 1.09. The minimum atomic E-state index is 0.711. The molecule has 0 spiro atoms. The minimum absolute atomic E-state index is 0.711. The highest BCUT2D eigenvalue weighted by Gasteiger charge is 2.19. The van der Waals surface area contributed by atoms with Crippen LogP contribution in [0, 0.1) is 0 Å². The quantitative estimate of drug-likeness (QED) is 0.129. The number of nitrogens with zero attached hydrogens (tertiary/aromatic N) is 1. The van der Waals surface area contributed by atoms with E-state index < -0.39 is 0 Å². The van der Waals surface area contributed by atoms with Crippen molar-refractivity contribution in [3.05, 3.63) is 242 Å². The van der Waals surface area contributed by atoms with Crippen LogP contribution in [0.2, 0.25) is 0 Å². The Bertz CT molecular complexity index is 3200. The summed E-state index contributed by atoms with van der Waals surface area (Å²) in [6.07, 6.45) is 9.11. The van der Waals surface area contributed by atoms with Gasteiger partial charge in [-0.2, -0.15) is 0 Å². The zero-order valence-corrected chi connectivity index (χ0v) is 32.6. The second-order valence-electron chi connectivity index (χ2n) is 14.9. The number of furan rings is 1. The van der Waals surface area contributed by atoms with Crippen molar-refractivity contribution >= 4 is 54.9 Å². The number of para-hydroxylation sites is 2. The zero-order chi connectivity index (χ0) is 39.5. The van der Waals surface area contributed by atoms with Crippen LogP contribution in [0.15, 0.2) is 241 Å². The average molecular weight is 756 g/mol. The number of fused-ring (bicyclic) bond motifs is 6. The summed E-state index contributed by atoms with van der Waals surface area (Å²) in [6, 6.07) is 71.7. The number of hydrogen-bond donors (Lipinski definition) is 0. The van der Waals surface area contributed by atoms with Gasteiger partial charge in [-0.1, -0.05) is 183 Å². The molecule has 1 aromatic heterocycles. The van der Waals surface area contributed by atoms with Gasteiger partial charge in [0.2, 0.25) is 0 Å². The van der Waals surface area contributed by atoms with Crippen molar-refractivity contribution in [1.82, 2.24) is 0 Å².